The molecule has 0 atom stereocenters. The van der Waals surface area contributed by atoms with Crippen molar-refractivity contribution in [3.05, 3.63) is 76.2 Å². The molecule has 5 nitrogen and oxygen atoms in total. The standard InChI is InChI=1S/C17H12F2N2O3/c1-24-21-15(16(22)20-13-5-2-11(18)3-6-13)9-10-8-12(19)4-7-14(10)17(21)23/h2-9H,1H3,(H,20,22). The first-order valence-electron chi connectivity index (χ1n) is 6.96. The molecule has 7 heteroatoms. The number of rotatable bonds is 3. The highest BCUT2D eigenvalue weighted by atomic mass is 19.1. The van der Waals surface area contributed by atoms with Crippen LogP contribution in [0.25, 0.3) is 10.8 Å². The van der Waals surface area contributed by atoms with Crippen molar-refractivity contribution in [2.24, 2.45) is 0 Å². The summed E-state index contributed by atoms with van der Waals surface area (Å²) in [5, 5.41) is 3.02. The van der Waals surface area contributed by atoms with Crippen LogP contribution in [0.15, 0.2) is 53.3 Å². The van der Waals surface area contributed by atoms with Crippen LogP contribution in [0.3, 0.4) is 0 Å². The first-order chi connectivity index (χ1) is 11.5. The lowest BCUT2D eigenvalue weighted by Gasteiger charge is -2.12. The van der Waals surface area contributed by atoms with Crippen LogP contribution < -0.4 is 15.7 Å². The molecule has 0 radical (unpaired) electrons. The molecular formula is C17H12F2N2O3. The predicted molar refractivity (Wildman–Crippen MR) is 85.0 cm³/mol. The van der Waals surface area contributed by atoms with Gasteiger partial charge in [-0.3, -0.25) is 9.59 Å². The van der Waals surface area contributed by atoms with E-state index in [9.17, 15) is 18.4 Å². The van der Waals surface area contributed by atoms with E-state index in [0.717, 1.165) is 16.9 Å². The molecule has 0 fully saturated rings. The molecule has 1 amide bonds. The minimum absolute atomic E-state index is 0.107. The van der Waals surface area contributed by atoms with Gasteiger partial charge >= 0.3 is 0 Å². The molecule has 1 heterocycles. The Kier molecular flexibility index (Phi) is 3.99. The topological polar surface area (TPSA) is 60.3 Å². The molecule has 1 aromatic heterocycles. The van der Waals surface area contributed by atoms with Gasteiger partial charge in [0.05, 0.1) is 5.39 Å². The van der Waals surface area contributed by atoms with E-state index >= 15 is 0 Å². The van der Waals surface area contributed by atoms with E-state index in [0.29, 0.717) is 5.69 Å². The van der Waals surface area contributed by atoms with Crippen molar-refractivity contribution >= 4 is 22.4 Å². The number of carbonyl (C=O) groups excluding carboxylic acids is 1. The van der Waals surface area contributed by atoms with Gasteiger partial charge in [0.25, 0.3) is 11.5 Å². The summed E-state index contributed by atoms with van der Waals surface area (Å²) in [5.41, 5.74) is -0.347. The fourth-order valence-electron chi connectivity index (χ4n) is 2.34. The molecular weight excluding hydrogens is 318 g/mol. The van der Waals surface area contributed by atoms with Gasteiger partial charge in [0, 0.05) is 5.69 Å². The quantitative estimate of drug-likeness (QED) is 0.803. The summed E-state index contributed by atoms with van der Waals surface area (Å²) in [6, 6.07) is 10.1. The molecule has 0 saturated carbocycles. The van der Waals surface area contributed by atoms with Crippen LogP contribution in [-0.4, -0.2) is 17.7 Å². The van der Waals surface area contributed by atoms with Gasteiger partial charge in [-0.2, -0.15) is 0 Å². The lowest BCUT2D eigenvalue weighted by Crippen LogP contribution is -2.32. The Labute approximate surface area is 135 Å². The van der Waals surface area contributed by atoms with Crippen molar-refractivity contribution in [2.45, 2.75) is 0 Å². The number of nitrogens with one attached hydrogen (secondary N) is 1. The monoisotopic (exact) mass is 330 g/mol. The fraction of sp³-hybridized carbons (Fsp3) is 0.0588. The molecule has 0 spiro atoms. The Morgan fingerprint density at radius 2 is 1.71 bits per heavy atom. The van der Waals surface area contributed by atoms with E-state index in [-0.39, 0.29) is 16.5 Å². The molecule has 0 bridgehead atoms. The maximum Gasteiger partial charge on any atom is 0.291 e. The molecule has 0 aliphatic carbocycles. The molecule has 122 valence electrons. The van der Waals surface area contributed by atoms with Crippen LogP contribution in [0.2, 0.25) is 0 Å². The third kappa shape index (κ3) is 2.83. The molecule has 1 N–H and O–H groups in total. The average molecular weight is 330 g/mol. The maximum absolute atomic E-state index is 13.4. The summed E-state index contributed by atoms with van der Waals surface area (Å²) in [4.78, 5) is 29.8. The van der Waals surface area contributed by atoms with Crippen LogP contribution in [0.5, 0.6) is 0 Å². The first kappa shape index (κ1) is 15.7. The number of aromatic nitrogens is 1. The van der Waals surface area contributed by atoms with Gasteiger partial charge in [0.15, 0.2) is 0 Å². The minimum atomic E-state index is -0.647. The minimum Gasteiger partial charge on any atom is -0.413 e. The van der Waals surface area contributed by atoms with Gasteiger partial charge in [-0.25, -0.2) is 8.78 Å². The summed E-state index contributed by atoms with van der Waals surface area (Å²) in [5.74, 6) is -1.61. The number of pyridine rings is 1. The van der Waals surface area contributed by atoms with Crippen molar-refractivity contribution in [1.82, 2.24) is 4.73 Å². The zero-order valence-corrected chi connectivity index (χ0v) is 12.5. The second-order valence-electron chi connectivity index (χ2n) is 5.00. The summed E-state index contributed by atoms with van der Waals surface area (Å²) in [7, 11) is 1.24. The smallest absolute Gasteiger partial charge is 0.291 e. The van der Waals surface area contributed by atoms with Gasteiger partial charge in [-0.15, -0.1) is 4.73 Å². The number of nitrogens with zero attached hydrogens (tertiary/aromatic N) is 1. The number of amides is 1. The highest BCUT2D eigenvalue weighted by molar-refractivity contribution is 6.04. The fourth-order valence-corrected chi connectivity index (χ4v) is 2.34. The van der Waals surface area contributed by atoms with E-state index in [1.165, 1.54) is 43.5 Å². The number of hydrogen-bond acceptors (Lipinski definition) is 3. The number of halogens is 2. The normalized spacial score (nSPS) is 10.6. The van der Waals surface area contributed by atoms with E-state index in [4.69, 9.17) is 4.84 Å². The van der Waals surface area contributed by atoms with Crippen LogP contribution in [-0.2, 0) is 0 Å². The first-order valence-corrected chi connectivity index (χ1v) is 6.96. The van der Waals surface area contributed by atoms with Crippen molar-refractivity contribution in [3.8, 4) is 0 Å². The van der Waals surface area contributed by atoms with Crippen LogP contribution >= 0.6 is 0 Å². The molecule has 3 rings (SSSR count). The van der Waals surface area contributed by atoms with Gasteiger partial charge in [0.2, 0.25) is 0 Å². The molecule has 0 aliphatic rings. The number of carbonyl (C=O) groups is 1. The van der Waals surface area contributed by atoms with Crippen molar-refractivity contribution in [2.75, 3.05) is 12.4 Å². The highest BCUT2D eigenvalue weighted by Gasteiger charge is 2.17. The number of anilines is 1. The highest BCUT2D eigenvalue weighted by Crippen LogP contribution is 2.15. The predicted octanol–water partition coefficient (Wildman–Crippen LogP) is 2.59. The van der Waals surface area contributed by atoms with Crippen LogP contribution in [0.4, 0.5) is 14.5 Å². The Morgan fingerprint density at radius 3 is 2.38 bits per heavy atom. The largest absolute Gasteiger partial charge is 0.413 e. The second kappa shape index (κ2) is 6.11. The van der Waals surface area contributed by atoms with E-state index in [2.05, 4.69) is 5.32 Å². The Hall–Kier alpha value is -3.22. The second-order valence-corrected chi connectivity index (χ2v) is 5.00. The van der Waals surface area contributed by atoms with Crippen LogP contribution in [0.1, 0.15) is 10.5 Å². The van der Waals surface area contributed by atoms with Gasteiger partial charge in [0.1, 0.15) is 24.4 Å². The van der Waals surface area contributed by atoms with Gasteiger partial charge in [-0.1, -0.05) is 0 Å². The van der Waals surface area contributed by atoms with E-state index in [1.807, 2.05) is 0 Å². The third-order valence-electron chi connectivity index (χ3n) is 3.46. The zero-order valence-electron chi connectivity index (χ0n) is 12.5. The lowest BCUT2D eigenvalue weighted by atomic mass is 10.1. The summed E-state index contributed by atoms with van der Waals surface area (Å²) in [6.07, 6.45) is 0. The molecule has 3 aromatic rings. The SMILES string of the molecule is COn1c(C(=O)Nc2ccc(F)cc2)cc2cc(F)ccc2c1=O. The van der Waals surface area contributed by atoms with Crippen molar-refractivity contribution in [3.63, 3.8) is 0 Å². The van der Waals surface area contributed by atoms with Crippen molar-refractivity contribution in [1.29, 1.82) is 0 Å². The van der Waals surface area contributed by atoms with Crippen LogP contribution in [0, 0.1) is 11.6 Å². The van der Waals surface area contributed by atoms with E-state index < -0.39 is 23.1 Å². The lowest BCUT2D eigenvalue weighted by molar-refractivity contribution is 0.0952. The molecule has 0 saturated heterocycles. The Bertz CT molecular complexity index is 982. The molecule has 0 aliphatic heterocycles. The summed E-state index contributed by atoms with van der Waals surface area (Å²) in [6.45, 7) is 0. The van der Waals surface area contributed by atoms with Crippen molar-refractivity contribution < 1.29 is 18.4 Å². The van der Waals surface area contributed by atoms with Gasteiger partial charge < -0.3 is 10.2 Å². The summed E-state index contributed by atoms with van der Waals surface area (Å²) >= 11 is 0. The van der Waals surface area contributed by atoms with E-state index in [1.54, 1.807) is 0 Å². The molecule has 2 aromatic carbocycles. The third-order valence-corrected chi connectivity index (χ3v) is 3.46. The average Bonchev–Trinajstić information content (AvgIpc) is 2.56. The summed E-state index contributed by atoms with van der Waals surface area (Å²) < 4.78 is 27.1. The van der Waals surface area contributed by atoms with Gasteiger partial charge in [-0.05, 0) is 53.9 Å². The number of benzene rings is 2. The number of fused-ring (bicyclic) bond motifs is 1. The number of hydrogen-bond donors (Lipinski definition) is 1. The zero-order chi connectivity index (χ0) is 17.3. The Balaban J connectivity index is 2.08. The Morgan fingerprint density at radius 1 is 1.04 bits per heavy atom. The molecule has 0 unspecified atom stereocenters. The maximum atomic E-state index is 13.4. The molecule has 24 heavy (non-hydrogen) atoms.